The average Bonchev–Trinajstić information content (AvgIpc) is 3.20. The number of ether oxygens (including phenoxy) is 1. The van der Waals surface area contributed by atoms with Crippen molar-refractivity contribution in [3.63, 3.8) is 0 Å². The van der Waals surface area contributed by atoms with Gasteiger partial charge in [0, 0.05) is 18.0 Å². The van der Waals surface area contributed by atoms with E-state index in [4.69, 9.17) is 4.74 Å². The van der Waals surface area contributed by atoms with E-state index in [2.05, 4.69) is 16.0 Å². The molecule has 7 nitrogen and oxygen atoms in total. The molecule has 0 aliphatic heterocycles. The second-order valence-corrected chi connectivity index (χ2v) is 6.47. The summed E-state index contributed by atoms with van der Waals surface area (Å²) in [6.07, 6.45) is 1.05. The lowest BCUT2D eigenvalue weighted by atomic mass is 10.2. The highest BCUT2D eigenvalue weighted by molar-refractivity contribution is 5.78. The van der Waals surface area contributed by atoms with Crippen LogP contribution in [-0.4, -0.2) is 43.1 Å². The first kappa shape index (κ1) is 16.5. The Balaban J connectivity index is 1.64. The van der Waals surface area contributed by atoms with Crippen LogP contribution in [0.4, 0.5) is 0 Å². The van der Waals surface area contributed by atoms with Gasteiger partial charge in [0.05, 0.1) is 17.3 Å². The minimum absolute atomic E-state index is 0.379. The summed E-state index contributed by atoms with van der Waals surface area (Å²) in [4.78, 5) is 8.50. The van der Waals surface area contributed by atoms with Gasteiger partial charge in [-0.3, -0.25) is 0 Å². The number of aromatic nitrogens is 3. The third-order valence-corrected chi connectivity index (χ3v) is 4.95. The smallest absolute Gasteiger partial charge is 0.143 e. The van der Waals surface area contributed by atoms with Crippen LogP contribution in [0.3, 0.4) is 0 Å². The average molecular weight is 350 g/mol. The number of fused-ring (bicyclic) bond motifs is 1. The topological polar surface area (TPSA) is 104 Å². The lowest BCUT2D eigenvalue weighted by molar-refractivity contribution is -0.0164. The summed E-state index contributed by atoms with van der Waals surface area (Å²) in [5, 5.41) is 31.2. The molecule has 1 saturated carbocycles. The van der Waals surface area contributed by atoms with Gasteiger partial charge in [-0.05, 0) is 25.1 Å². The van der Waals surface area contributed by atoms with E-state index in [1.54, 1.807) is 24.3 Å². The Morgan fingerprint density at radius 2 is 2.00 bits per heavy atom. The van der Waals surface area contributed by atoms with Crippen molar-refractivity contribution in [2.75, 3.05) is 0 Å². The third kappa shape index (κ3) is 2.60. The third-order valence-electron chi connectivity index (χ3n) is 4.95. The van der Waals surface area contributed by atoms with Gasteiger partial charge in [0.25, 0.3) is 0 Å². The summed E-state index contributed by atoms with van der Waals surface area (Å²) >= 11 is 0. The Labute approximate surface area is 150 Å². The van der Waals surface area contributed by atoms with Crippen LogP contribution in [-0.2, 0) is 0 Å². The Bertz CT molecular complexity index is 994. The van der Waals surface area contributed by atoms with Gasteiger partial charge in [0.15, 0.2) is 0 Å². The number of aliphatic hydroxyl groups is 2. The van der Waals surface area contributed by atoms with Gasteiger partial charge >= 0.3 is 0 Å². The van der Waals surface area contributed by atoms with Crippen molar-refractivity contribution in [1.29, 1.82) is 5.26 Å². The molecule has 2 N–H and O–H groups in total. The van der Waals surface area contributed by atoms with Crippen LogP contribution >= 0.6 is 0 Å². The van der Waals surface area contributed by atoms with Crippen molar-refractivity contribution < 1.29 is 14.9 Å². The quantitative estimate of drug-likeness (QED) is 0.745. The maximum atomic E-state index is 10.6. The molecule has 1 aliphatic carbocycles. The first-order valence-corrected chi connectivity index (χ1v) is 8.40. The zero-order valence-corrected chi connectivity index (χ0v) is 14.1. The maximum absolute atomic E-state index is 10.6. The Hall–Kier alpha value is -2.95. The van der Waals surface area contributed by atoms with E-state index < -0.39 is 18.3 Å². The SMILES string of the molecule is Cc1ncnc2c1ccn2[C@@H]1C[C@H](Oc2ccccc2C#N)[C@@H](O)[C@H]1O. The molecule has 0 saturated heterocycles. The first-order valence-electron chi connectivity index (χ1n) is 8.40. The van der Waals surface area contributed by atoms with E-state index in [9.17, 15) is 15.5 Å². The van der Waals surface area contributed by atoms with Crippen molar-refractivity contribution in [2.24, 2.45) is 0 Å². The number of hydrogen-bond donors (Lipinski definition) is 2. The fraction of sp³-hybridized carbons (Fsp3) is 0.316. The molecule has 4 atom stereocenters. The number of hydrogen-bond acceptors (Lipinski definition) is 6. The summed E-state index contributed by atoms with van der Waals surface area (Å²) in [5.74, 6) is 0.405. The monoisotopic (exact) mass is 350 g/mol. The van der Waals surface area contributed by atoms with E-state index in [1.165, 1.54) is 6.33 Å². The molecule has 132 valence electrons. The molecular formula is C19H18N4O3. The largest absolute Gasteiger partial charge is 0.486 e. The van der Waals surface area contributed by atoms with E-state index >= 15 is 0 Å². The molecule has 1 fully saturated rings. The molecule has 0 amide bonds. The minimum Gasteiger partial charge on any atom is -0.486 e. The summed E-state index contributed by atoms with van der Waals surface area (Å²) in [6.45, 7) is 1.90. The van der Waals surface area contributed by atoms with Gasteiger partial charge < -0.3 is 19.5 Å². The molecule has 2 aromatic heterocycles. The number of benzene rings is 1. The predicted octanol–water partition coefficient (Wildman–Crippen LogP) is 1.73. The molecule has 3 aromatic rings. The number of rotatable bonds is 3. The molecule has 7 heteroatoms. The molecule has 0 bridgehead atoms. The summed E-state index contributed by atoms with van der Waals surface area (Å²) < 4.78 is 7.72. The van der Waals surface area contributed by atoms with Crippen LogP contribution in [0.5, 0.6) is 5.75 Å². The van der Waals surface area contributed by atoms with Gasteiger partial charge in [-0.1, -0.05) is 12.1 Å². The van der Waals surface area contributed by atoms with Crippen LogP contribution in [0, 0.1) is 18.3 Å². The van der Waals surface area contributed by atoms with E-state index in [0.717, 1.165) is 11.1 Å². The number of aliphatic hydroxyl groups excluding tert-OH is 2. The highest BCUT2D eigenvalue weighted by Gasteiger charge is 2.44. The second-order valence-electron chi connectivity index (χ2n) is 6.47. The van der Waals surface area contributed by atoms with Crippen molar-refractivity contribution in [3.8, 4) is 11.8 Å². The number of nitriles is 1. The number of nitrogens with zero attached hydrogens (tertiary/aromatic N) is 4. The fourth-order valence-electron chi connectivity index (χ4n) is 3.55. The van der Waals surface area contributed by atoms with Crippen LogP contribution in [0.25, 0.3) is 11.0 Å². The highest BCUT2D eigenvalue weighted by Crippen LogP contribution is 2.36. The number of aryl methyl sites for hydroxylation is 1. The lowest BCUT2D eigenvalue weighted by Crippen LogP contribution is -2.34. The Kier molecular flexibility index (Phi) is 4.07. The number of para-hydroxylation sites is 1. The van der Waals surface area contributed by atoms with Crippen molar-refractivity contribution >= 4 is 11.0 Å². The zero-order chi connectivity index (χ0) is 18.3. The normalized spacial score (nSPS) is 25.3. The van der Waals surface area contributed by atoms with Crippen molar-refractivity contribution in [1.82, 2.24) is 14.5 Å². The highest BCUT2D eigenvalue weighted by atomic mass is 16.5. The van der Waals surface area contributed by atoms with Crippen molar-refractivity contribution in [2.45, 2.75) is 37.7 Å². The van der Waals surface area contributed by atoms with Crippen LogP contribution in [0.15, 0.2) is 42.9 Å². The molecule has 0 spiro atoms. The minimum atomic E-state index is -1.06. The lowest BCUT2D eigenvalue weighted by Gasteiger charge is -2.19. The van der Waals surface area contributed by atoms with E-state index in [-0.39, 0.29) is 6.04 Å². The molecule has 0 unspecified atom stereocenters. The van der Waals surface area contributed by atoms with E-state index in [0.29, 0.717) is 23.4 Å². The Morgan fingerprint density at radius 1 is 1.19 bits per heavy atom. The van der Waals surface area contributed by atoms with Gasteiger partial charge in [-0.2, -0.15) is 5.26 Å². The molecule has 1 aromatic carbocycles. The molecular weight excluding hydrogens is 332 g/mol. The summed E-state index contributed by atoms with van der Waals surface area (Å²) in [6, 6.07) is 10.5. The summed E-state index contributed by atoms with van der Waals surface area (Å²) in [5.41, 5.74) is 1.97. The van der Waals surface area contributed by atoms with E-state index in [1.807, 2.05) is 23.8 Å². The van der Waals surface area contributed by atoms with Gasteiger partial charge in [0.2, 0.25) is 0 Å². The van der Waals surface area contributed by atoms with Crippen molar-refractivity contribution in [3.05, 3.63) is 54.1 Å². The molecule has 0 radical (unpaired) electrons. The zero-order valence-electron chi connectivity index (χ0n) is 14.1. The second kappa shape index (κ2) is 6.41. The summed E-state index contributed by atoms with van der Waals surface area (Å²) in [7, 11) is 0. The molecule has 26 heavy (non-hydrogen) atoms. The molecule has 4 rings (SSSR count). The van der Waals surface area contributed by atoms with Gasteiger partial charge in [-0.15, -0.1) is 0 Å². The fourth-order valence-corrected chi connectivity index (χ4v) is 3.55. The molecule has 2 heterocycles. The van der Waals surface area contributed by atoms with Crippen LogP contribution in [0.2, 0.25) is 0 Å². The first-order chi connectivity index (χ1) is 12.6. The predicted molar refractivity (Wildman–Crippen MR) is 93.5 cm³/mol. The molecule has 1 aliphatic rings. The van der Waals surface area contributed by atoms with Crippen LogP contribution in [0.1, 0.15) is 23.7 Å². The van der Waals surface area contributed by atoms with Gasteiger partial charge in [-0.25, -0.2) is 9.97 Å². The van der Waals surface area contributed by atoms with Crippen LogP contribution < -0.4 is 4.74 Å². The Morgan fingerprint density at radius 3 is 2.81 bits per heavy atom. The standard InChI is InChI=1S/C19H18N4O3/c1-11-13-6-7-23(19(13)22-10-21-11)14-8-16(18(25)17(14)24)26-15-5-3-2-4-12(15)9-20/h2-7,10,14,16-18,24-25H,8H2,1H3/t14-,16+,17+,18-/m1/s1. The maximum Gasteiger partial charge on any atom is 0.143 e. The van der Waals surface area contributed by atoms with Gasteiger partial charge in [0.1, 0.15) is 42.1 Å².